The zero-order chi connectivity index (χ0) is 19.7. The van der Waals surface area contributed by atoms with Crippen molar-refractivity contribution < 1.29 is 9.47 Å². The van der Waals surface area contributed by atoms with Crippen LogP contribution in [0.2, 0.25) is 0 Å². The molecule has 2 heterocycles. The normalized spacial score (nSPS) is 14.3. The molecule has 7 heteroatoms. The van der Waals surface area contributed by atoms with Crippen molar-refractivity contribution in [3.63, 3.8) is 0 Å². The number of nitrogens with one attached hydrogen (secondary N) is 2. The highest BCUT2D eigenvalue weighted by atomic mass is 16.5. The molecule has 0 aliphatic carbocycles. The molecule has 1 saturated heterocycles. The molecule has 0 bridgehead atoms. The quantitative estimate of drug-likeness (QED) is 0.606. The minimum absolute atomic E-state index is 0.602. The average molecular weight is 391 g/mol. The number of benzene rings is 2. The van der Waals surface area contributed by atoms with Gasteiger partial charge in [0.15, 0.2) is 5.75 Å². The van der Waals surface area contributed by atoms with Crippen molar-refractivity contribution in [2.75, 3.05) is 50.0 Å². The second kappa shape index (κ2) is 9.86. The summed E-state index contributed by atoms with van der Waals surface area (Å²) in [4.78, 5) is 11.3. The standard InChI is InChI=1S/C22H25N5O2/c1-2-6-18(7-3-1)29-20-9-5-4-8-19(20)25-21-10-11-23-22(26-21)24-12-13-27-14-16-28-17-15-27/h1-11H,12-17H2,(H2,23,24,25,26). The van der Waals surface area contributed by atoms with E-state index in [9.17, 15) is 0 Å². The number of hydrogen-bond donors (Lipinski definition) is 2. The van der Waals surface area contributed by atoms with Crippen molar-refractivity contribution >= 4 is 17.5 Å². The van der Waals surface area contributed by atoms with Gasteiger partial charge in [-0.05, 0) is 30.3 Å². The Labute approximate surface area is 170 Å². The number of anilines is 3. The van der Waals surface area contributed by atoms with Crippen molar-refractivity contribution in [1.82, 2.24) is 14.9 Å². The zero-order valence-electron chi connectivity index (χ0n) is 16.3. The highest BCUT2D eigenvalue weighted by Gasteiger charge is 2.10. The molecule has 0 spiro atoms. The number of morpholine rings is 1. The highest BCUT2D eigenvalue weighted by Crippen LogP contribution is 2.31. The summed E-state index contributed by atoms with van der Waals surface area (Å²) in [6.07, 6.45) is 1.74. The maximum absolute atomic E-state index is 6.01. The van der Waals surface area contributed by atoms with Crippen LogP contribution in [0.15, 0.2) is 66.9 Å². The molecule has 3 aromatic rings. The Morgan fingerprint density at radius 2 is 1.76 bits per heavy atom. The second-order valence-corrected chi connectivity index (χ2v) is 6.68. The van der Waals surface area contributed by atoms with Crippen molar-refractivity contribution in [3.05, 3.63) is 66.9 Å². The summed E-state index contributed by atoms with van der Waals surface area (Å²) in [5, 5.41) is 6.63. The SMILES string of the molecule is c1ccc(Oc2ccccc2Nc2ccnc(NCCN3CCOCC3)n2)cc1. The Kier molecular flexibility index (Phi) is 6.52. The first-order chi connectivity index (χ1) is 14.4. The molecule has 0 radical (unpaired) electrons. The van der Waals surface area contributed by atoms with Crippen LogP contribution in [0, 0.1) is 0 Å². The van der Waals surface area contributed by atoms with Crippen LogP contribution >= 0.6 is 0 Å². The summed E-state index contributed by atoms with van der Waals surface area (Å²) in [6, 6.07) is 19.4. The van der Waals surface area contributed by atoms with E-state index in [4.69, 9.17) is 9.47 Å². The predicted octanol–water partition coefficient (Wildman–Crippen LogP) is 3.76. The first-order valence-electron chi connectivity index (χ1n) is 9.83. The lowest BCUT2D eigenvalue weighted by atomic mass is 10.3. The smallest absolute Gasteiger partial charge is 0.224 e. The molecule has 1 aliphatic rings. The van der Waals surface area contributed by atoms with Gasteiger partial charge in [0.25, 0.3) is 0 Å². The van der Waals surface area contributed by atoms with Crippen molar-refractivity contribution in [2.24, 2.45) is 0 Å². The van der Waals surface area contributed by atoms with Crippen LogP contribution in [0.3, 0.4) is 0 Å². The van der Waals surface area contributed by atoms with E-state index in [0.717, 1.165) is 56.6 Å². The summed E-state index contributed by atoms with van der Waals surface area (Å²) in [5.74, 6) is 2.83. The van der Waals surface area contributed by atoms with Gasteiger partial charge in [-0.15, -0.1) is 0 Å². The van der Waals surface area contributed by atoms with Crippen LogP contribution in [-0.2, 0) is 4.74 Å². The van der Waals surface area contributed by atoms with E-state index in [2.05, 4.69) is 25.5 Å². The fourth-order valence-corrected chi connectivity index (χ4v) is 3.08. The average Bonchev–Trinajstić information content (AvgIpc) is 2.77. The molecule has 29 heavy (non-hydrogen) atoms. The van der Waals surface area contributed by atoms with Crippen LogP contribution in [0.5, 0.6) is 11.5 Å². The van der Waals surface area contributed by atoms with E-state index in [1.54, 1.807) is 6.20 Å². The van der Waals surface area contributed by atoms with Gasteiger partial charge in [-0.25, -0.2) is 4.98 Å². The van der Waals surface area contributed by atoms with Gasteiger partial charge < -0.3 is 20.1 Å². The van der Waals surface area contributed by atoms with Crippen LogP contribution in [-0.4, -0.2) is 54.3 Å². The predicted molar refractivity (Wildman–Crippen MR) is 114 cm³/mol. The highest BCUT2D eigenvalue weighted by molar-refractivity contribution is 5.65. The lowest BCUT2D eigenvalue weighted by Crippen LogP contribution is -2.39. The molecular weight excluding hydrogens is 366 g/mol. The topological polar surface area (TPSA) is 71.5 Å². The van der Waals surface area contributed by atoms with Gasteiger partial charge >= 0.3 is 0 Å². The van der Waals surface area contributed by atoms with Crippen LogP contribution in [0.4, 0.5) is 17.5 Å². The lowest BCUT2D eigenvalue weighted by Gasteiger charge is -2.26. The summed E-state index contributed by atoms with van der Waals surface area (Å²) in [6.45, 7) is 5.29. The third-order valence-electron chi connectivity index (χ3n) is 4.59. The Morgan fingerprint density at radius 3 is 2.62 bits per heavy atom. The van der Waals surface area contributed by atoms with Gasteiger partial charge in [0.2, 0.25) is 5.95 Å². The molecule has 4 rings (SSSR count). The van der Waals surface area contributed by atoms with Crippen molar-refractivity contribution in [1.29, 1.82) is 0 Å². The molecule has 2 N–H and O–H groups in total. The lowest BCUT2D eigenvalue weighted by molar-refractivity contribution is 0.0398. The number of aromatic nitrogens is 2. The number of para-hydroxylation sites is 3. The summed E-state index contributed by atoms with van der Waals surface area (Å²) < 4.78 is 11.4. The maximum atomic E-state index is 6.01. The van der Waals surface area contributed by atoms with Gasteiger partial charge in [-0.1, -0.05) is 30.3 Å². The van der Waals surface area contributed by atoms with E-state index in [0.29, 0.717) is 11.8 Å². The third kappa shape index (κ3) is 5.66. The monoisotopic (exact) mass is 391 g/mol. The van der Waals surface area contributed by atoms with E-state index >= 15 is 0 Å². The molecule has 0 saturated carbocycles. The summed E-state index contributed by atoms with van der Waals surface area (Å²) >= 11 is 0. The van der Waals surface area contributed by atoms with E-state index < -0.39 is 0 Å². The molecule has 0 amide bonds. The van der Waals surface area contributed by atoms with Gasteiger partial charge in [-0.2, -0.15) is 4.98 Å². The Bertz CT molecular complexity index is 900. The van der Waals surface area contributed by atoms with Crippen LogP contribution in [0.1, 0.15) is 0 Å². The zero-order valence-corrected chi connectivity index (χ0v) is 16.3. The fourth-order valence-electron chi connectivity index (χ4n) is 3.08. The molecular formula is C22H25N5O2. The maximum Gasteiger partial charge on any atom is 0.224 e. The van der Waals surface area contributed by atoms with Gasteiger partial charge in [0.05, 0.1) is 18.9 Å². The second-order valence-electron chi connectivity index (χ2n) is 6.68. The number of rotatable bonds is 8. The fraction of sp³-hybridized carbons (Fsp3) is 0.273. The molecule has 0 atom stereocenters. The van der Waals surface area contributed by atoms with Crippen molar-refractivity contribution in [3.8, 4) is 11.5 Å². The minimum atomic E-state index is 0.602. The molecule has 150 valence electrons. The number of hydrogen-bond acceptors (Lipinski definition) is 7. The van der Waals surface area contributed by atoms with Crippen molar-refractivity contribution in [2.45, 2.75) is 0 Å². The van der Waals surface area contributed by atoms with E-state index in [1.165, 1.54) is 0 Å². The molecule has 1 aromatic heterocycles. The first kappa shape index (κ1) is 19.2. The Morgan fingerprint density at radius 1 is 0.966 bits per heavy atom. The number of nitrogens with zero attached hydrogens (tertiary/aromatic N) is 3. The van der Waals surface area contributed by atoms with Gasteiger partial charge in [0.1, 0.15) is 11.6 Å². The summed E-state index contributed by atoms with van der Waals surface area (Å²) in [7, 11) is 0. The Hall–Kier alpha value is -3.16. The van der Waals surface area contributed by atoms with Crippen LogP contribution < -0.4 is 15.4 Å². The molecule has 7 nitrogen and oxygen atoms in total. The van der Waals surface area contributed by atoms with E-state index in [-0.39, 0.29) is 0 Å². The Balaban J connectivity index is 1.38. The molecule has 2 aromatic carbocycles. The molecule has 1 aliphatic heterocycles. The largest absolute Gasteiger partial charge is 0.455 e. The minimum Gasteiger partial charge on any atom is -0.455 e. The summed E-state index contributed by atoms with van der Waals surface area (Å²) in [5.41, 5.74) is 0.842. The molecule has 0 unspecified atom stereocenters. The molecule has 1 fully saturated rings. The van der Waals surface area contributed by atoms with Crippen LogP contribution in [0.25, 0.3) is 0 Å². The van der Waals surface area contributed by atoms with Gasteiger partial charge in [0, 0.05) is 32.4 Å². The van der Waals surface area contributed by atoms with E-state index in [1.807, 2.05) is 60.7 Å². The first-order valence-corrected chi connectivity index (χ1v) is 9.83. The van der Waals surface area contributed by atoms with Gasteiger partial charge in [-0.3, -0.25) is 4.90 Å². The number of ether oxygens (including phenoxy) is 2. The third-order valence-corrected chi connectivity index (χ3v) is 4.59.